The minimum Gasteiger partial charge on any atom is -0.490 e. The Labute approximate surface area is 180 Å². The molecule has 2 N–H and O–H groups in total. The highest BCUT2D eigenvalue weighted by molar-refractivity contribution is 7.99. The molecule has 0 bridgehead atoms. The second-order valence-electron chi connectivity index (χ2n) is 7.16. The van der Waals surface area contributed by atoms with Crippen LogP contribution in [0.3, 0.4) is 0 Å². The third kappa shape index (κ3) is 4.55. The van der Waals surface area contributed by atoms with Gasteiger partial charge in [-0.05, 0) is 41.0 Å². The predicted octanol–water partition coefficient (Wildman–Crippen LogP) is 4.65. The van der Waals surface area contributed by atoms with Crippen LogP contribution < -0.4 is 14.8 Å². The van der Waals surface area contributed by atoms with Gasteiger partial charge in [0.05, 0.1) is 5.37 Å². The van der Waals surface area contributed by atoms with Crippen LogP contribution in [0.2, 0.25) is 0 Å². The van der Waals surface area contributed by atoms with E-state index >= 15 is 0 Å². The number of hydrogen-bond donors (Lipinski definition) is 2. The maximum absolute atomic E-state index is 11.4. The molecule has 5 nitrogen and oxygen atoms in total. The number of benzene rings is 3. The molecule has 30 heavy (non-hydrogen) atoms. The van der Waals surface area contributed by atoms with Gasteiger partial charge < -0.3 is 14.6 Å². The molecule has 0 saturated carbocycles. The first-order valence-electron chi connectivity index (χ1n) is 10.1. The first kappa shape index (κ1) is 20.6. The summed E-state index contributed by atoms with van der Waals surface area (Å²) in [6, 6.07) is 19.6. The van der Waals surface area contributed by atoms with E-state index in [1.165, 1.54) is 5.56 Å². The Hall–Kier alpha value is -2.70. The van der Waals surface area contributed by atoms with Crippen LogP contribution in [0, 0.1) is 0 Å². The van der Waals surface area contributed by atoms with Crippen LogP contribution in [0.5, 0.6) is 11.5 Å². The number of thioether (sulfide) groups is 1. The van der Waals surface area contributed by atoms with Crippen molar-refractivity contribution in [3.05, 3.63) is 71.8 Å². The van der Waals surface area contributed by atoms with Crippen LogP contribution in [0.25, 0.3) is 10.8 Å². The molecule has 1 heterocycles. The summed E-state index contributed by atoms with van der Waals surface area (Å²) in [5.74, 6) is 1.29. The van der Waals surface area contributed by atoms with Crippen molar-refractivity contribution in [2.75, 3.05) is 19.0 Å². The van der Waals surface area contributed by atoms with E-state index in [-0.39, 0.29) is 5.37 Å². The lowest BCUT2D eigenvalue weighted by Crippen LogP contribution is -2.33. The van der Waals surface area contributed by atoms with Crippen LogP contribution in [0.4, 0.5) is 0 Å². The molecule has 0 radical (unpaired) electrons. The normalized spacial score (nSPS) is 18.4. The average Bonchev–Trinajstić information content (AvgIpc) is 3.27. The Bertz CT molecular complexity index is 1020. The Kier molecular flexibility index (Phi) is 6.45. The summed E-state index contributed by atoms with van der Waals surface area (Å²) in [6.45, 7) is 2.96. The van der Waals surface area contributed by atoms with Gasteiger partial charge in [-0.1, -0.05) is 49.4 Å². The Morgan fingerprint density at radius 1 is 1.07 bits per heavy atom. The minimum atomic E-state index is -0.824. The number of carboxylic acids is 1. The lowest BCUT2D eigenvalue weighted by atomic mass is 10.0. The zero-order valence-corrected chi connectivity index (χ0v) is 17.7. The number of rotatable bonds is 8. The number of carbonyl (C=O) groups is 1. The third-order valence-corrected chi connectivity index (χ3v) is 6.45. The van der Waals surface area contributed by atoms with E-state index in [2.05, 4.69) is 36.5 Å². The van der Waals surface area contributed by atoms with Crippen molar-refractivity contribution in [2.24, 2.45) is 0 Å². The number of hydrogen-bond acceptors (Lipinski definition) is 5. The second-order valence-corrected chi connectivity index (χ2v) is 8.30. The number of ether oxygens (including phenoxy) is 2. The van der Waals surface area contributed by atoms with Gasteiger partial charge in [0.1, 0.15) is 30.8 Å². The van der Waals surface area contributed by atoms with Crippen LogP contribution >= 0.6 is 11.8 Å². The van der Waals surface area contributed by atoms with Crippen molar-refractivity contribution >= 4 is 28.5 Å². The van der Waals surface area contributed by atoms with Gasteiger partial charge in [0.15, 0.2) is 0 Å². The number of aryl methyl sites for hydroxylation is 1. The second kappa shape index (κ2) is 9.41. The highest BCUT2D eigenvalue weighted by Crippen LogP contribution is 2.41. The maximum atomic E-state index is 11.4. The van der Waals surface area contributed by atoms with Crippen molar-refractivity contribution in [1.29, 1.82) is 0 Å². The zero-order chi connectivity index (χ0) is 20.9. The van der Waals surface area contributed by atoms with Gasteiger partial charge in [-0.25, -0.2) is 0 Å². The smallest absolute Gasteiger partial charge is 0.321 e. The fourth-order valence-corrected chi connectivity index (χ4v) is 4.88. The van der Waals surface area contributed by atoms with Gasteiger partial charge in [0.2, 0.25) is 0 Å². The maximum Gasteiger partial charge on any atom is 0.321 e. The first-order chi connectivity index (χ1) is 14.7. The molecule has 0 amide bonds. The summed E-state index contributed by atoms with van der Waals surface area (Å²) in [4.78, 5) is 11.4. The van der Waals surface area contributed by atoms with Crippen LogP contribution in [0.15, 0.2) is 60.7 Å². The molecule has 1 fully saturated rings. The lowest BCUT2D eigenvalue weighted by molar-refractivity contribution is -0.138. The molecular formula is C24H25NO4S. The van der Waals surface area contributed by atoms with E-state index in [0.717, 1.165) is 34.3 Å². The Morgan fingerprint density at radius 2 is 1.83 bits per heavy atom. The largest absolute Gasteiger partial charge is 0.490 e. The highest BCUT2D eigenvalue weighted by Gasteiger charge is 2.32. The van der Waals surface area contributed by atoms with Gasteiger partial charge in [-0.3, -0.25) is 10.1 Å². The van der Waals surface area contributed by atoms with Crippen LogP contribution in [-0.4, -0.2) is 36.1 Å². The van der Waals surface area contributed by atoms with Gasteiger partial charge in [0.25, 0.3) is 0 Å². The Morgan fingerprint density at radius 3 is 2.57 bits per heavy atom. The van der Waals surface area contributed by atoms with Crippen LogP contribution in [0.1, 0.15) is 23.4 Å². The van der Waals surface area contributed by atoms with Crippen molar-refractivity contribution < 1.29 is 19.4 Å². The Balaban J connectivity index is 1.48. The SMILES string of the molecule is CCc1ccc(OCCOc2ccc3ccccc3c2C2NC(C(=O)O)CS2)cc1. The molecule has 1 saturated heterocycles. The van der Waals surface area contributed by atoms with Gasteiger partial charge in [-0.15, -0.1) is 11.8 Å². The quantitative estimate of drug-likeness (QED) is 0.514. The first-order valence-corrected chi connectivity index (χ1v) is 11.2. The number of aliphatic carboxylic acids is 1. The fraction of sp³-hybridized carbons (Fsp3) is 0.292. The number of nitrogens with one attached hydrogen (secondary N) is 1. The standard InChI is InChI=1S/C24H25NO4S/c1-2-16-7-10-18(11-8-16)28-13-14-29-21-12-9-17-5-3-4-6-19(17)22(21)23-25-20(15-30-23)24(26)27/h3-12,20,23,25H,2,13-15H2,1H3,(H,26,27). The van der Waals surface area contributed by atoms with Gasteiger partial charge in [-0.2, -0.15) is 0 Å². The molecule has 4 rings (SSSR count). The molecule has 156 valence electrons. The van der Waals surface area contributed by atoms with E-state index in [4.69, 9.17) is 9.47 Å². The number of carboxylic acid groups (broad SMARTS) is 1. The van der Waals surface area contributed by atoms with E-state index in [1.54, 1.807) is 11.8 Å². The molecule has 0 aromatic heterocycles. The van der Waals surface area contributed by atoms with E-state index < -0.39 is 12.0 Å². The summed E-state index contributed by atoms with van der Waals surface area (Å²) in [6.07, 6.45) is 1.00. The number of fused-ring (bicyclic) bond motifs is 1. The topological polar surface area (TPSA) is 67.8 Å². The van der Waals surface area contributed by atoms with Gasteiger partial charge >= 0.3 is 5.97 Å². The summed E-state index contributed by atoms with van der Waals surface area (Å²) in [5, 5.41) is 14.6. The average molecular weight is 424 g/mol. The van der Waals surface area contributed by atoms with Crippen molar-refractivity contribution in [1.82, 2.24) is 5.32 Å². The monoisotopic (exact) mass is 423 g/mol. The lowest BCUT2D eigenvalue weighted by Gasteiger charge is -2.19. The van der Waals surface area contributed by atoms with Crippen LogP contribution in [-0.2, 0) is 11.2 Å². The van der Waals surface area contributed by atoms with Crippen molar-refractivity contribution in [3.63, 3.8) is 0 Å². The zero-order valence-electron chi connectivity index (χ0n) is 16.8. The fourth-order valence-electron chi connectivity index (χ4n) is 3.59. The molecule has 6 heteroatoms. The van der Waals surface area contributed by atoms with Gasteiger partial charge in [0, 0.05) is 11.3 Å². The molecule has 1 aliphatic heterocycles. The molecule has 1 aliphatic rings. The molecule has 3 aromatic rings. The molecule has 0 spiro atoms. The molecule has 2 unspecified atom stereocenters. The summed E-state index contributed by atoms with van der Waals surface area (Å²) in [7, 11) is 0. The summed E-state index contributed by atoms with van der Waals surface area (Å²) < 4.78 is 11.9. The van der Waals surface area contributed by atoms with Crippen molar-refractivity contribution in [3.8, 4) is 11.5 Å². The third-order valence-electron chi connectivity index (χ3n) is 5.21. The predicted molar refractivity (Wildman–Crippen MR) is 121 cm³/mol. The molecule has 3 aromatic carbocycles. The summed E-state index contributed by atoms with van der Waals surface area (Å²) >= 11 is 1.60. The minimum absolute atomic E-state index is 0.130. The summed E-state index contributed by atoms with van der Waals surface area (Å²) in [5.41, 5.74) is 2.27. The van der Waals surface area contributed by atoms with E-state index in [0.29, 0.717) is 19.0 Å². The molecule has 2 atom stereocenters. The molecule has 0 aliphatic carbocycles. The van der Waals surface area contributed by atoms with E-state index in [1.807, 2.05) is 36.4 Å². The molecular weight excluding hydrogens is 398 g/mol. The highest BCUT2D eigenvalue weighted by atomic mass is 32.2. The van der Waals surface area contributed by atoms with Crippen molar-refractivity contribution in [2.45, 2.75) is 24.8 Å². The van der Waals surface area contributed by atoms with E-state index in [9.17, 15) is 9.90 Å².